The molecule has 55 heavy (non-hydrogen) atoms. The molecule has 1 aromatic heterocycles. The van der Waals surface area contributed by atoms with Crippen molar-refractivity contribution in [1.29, 1.82) is 0 Å². The van der Waals surface area contributed by atoms with Crippen LogP contribution in [0.15, 0.2) is 17.8 Å². The average molecular weight is 772 g/mol. The first-order chi connectivity index (χ1) is 25.0. The number of rotatable bonds is 14. The molecule has 3 N–H and O–H groups in total. The second kappa shape index (κ2) is 17.9. The fraction of sp³-hybridized carbons (Fsp3) is 0.659. The summed E-state index contributed by atoms with van der Waals surface area (Å²) < 4.78 is 13.0. The number of esters is 1. The number of nitrogens with zero attached hydrogens (tertiary/aromatic N) is 3. The summed E-state index contributed by atoms with van der Waals surface area (Å²) in [6.45, 7) is 21.1. The number of aryl methyl sites for hydroxylation is 1. The Hall–Kier alpha value is -4.62. The number of hydrogen-bond donors (Lipinski definition) is 3. The van der Waals surface area contributed by atoms with E-state index in [9.17, 15) is 33.9 Å². The highest BCUT2D eigenvalue weighted by Gasteiger charge is 2.46. The molecule has 0 fully saturated rings. The van der Waals surface area contributed by atoms with Gasteiger partial charge in [-0.25, -0.2) is 9.59 Å². The number of carbonyl (C=O) groups excluding carboxylic acids is 5. The Morgan fingerprint density at radius 3 is 1.98 bits per heavy atom. The molecule has 0 radical (unpaired) electrons. The van der Waals surface area contributed by atoms with Gasteiger partial charge in [0.15, 0.2) is 0 Å². The monoisotopic (exact) mass is 771 g/mol. The topological polar surface area (TPSA) is 177 Å². The molecule has 1 aliphatic carbocycles. The maximum Gasteiger partial charge on any atom is 0.410 e. The van der Waals surface area contributed by atoms with Crippen LogP contribution in [0.25, 0.3) is 12.2 Å². The molecule has 0 aliphatic heterocycles. The van der Waals surface area contributed by atoms with Crippen molar-refractivity contribution >= 4 is 47.9 Å². The second-order valence-electron chi connectivity index (χ2n) is 18.1. The molecule has 1 unspecified atom stereocenters. The van der Waals surface area contributed by atoms with Crippen molar-refractivity contribution in [1.82, 2.24) is 25.0 Å². The standard InChI is InChI=1S/C41H65N5O9/c1-25(33(48)42-28(36(51)52)20-21-30(47)54-39(5,6)7)22-23-44(13)35(50)31(38(2,3)4)43-34(49)32(46(15)37(53)55-40(8,9)10)41(11,12)27-24-45(14)29-19-17-16-18-26(27)29/h18-19,22,24,28,31-32H,16-17,20-21,23H2,1-15H3,(H,42,48)(H,43,49)(H,51,52)/b25-22+/t28-,31?,32+/m0/s1. The predicted molar refractivity (Wildman–Crippen MR) is 211 cm³/mol. The van der Waals surface area contributed by atoms with E-state index in [1.807, 2.05) is 52.4 Å². The molecule has 1 heterocycles. The zero-order valence-electron chi connectivity index (χ0n) is 35.6. The highest BCUT2D eigenvalue weighted by molar-refractivity contribution is 5.96. The Morgan fingerprint density at radius 1 is 0.891 bits per heavy atom. The van der Waals surface area contributed by atoms with Crippen molar-refractivity contribution in [2.24, 2.45) is 12.5 Å². The van der Waals surface area contributed by atoms with Crippen molar-refractivity contribution in [2.75, 3.05) is 20.6 Å². The van der Waals surface area contributed by atoms with Crippen LogP contribution in [0.5, 0.6) is 0 Å². The molecular weight excluding hydrogens is 706 g/mol. The molecule has 4 amide bonds. The summed E-state index contributed by atoms with van der Waals surface area (Å²) in [4.78, 5) is 81.9. The maximum atomic E-state index is 14.6. The minimum atomic E-state index is -1.34. The van der Waals surface area contributed by atoms with E-state index < -0.39 is 75.9 Å². The highest BCUT2D eigenvalue weighted by Crippen LogP contribution is 2.31. The van der Waals surface area contributed by atoms with Crippen LogP contribution in [0, 0.1) is 5.41 Å². The van der Waals surface area contributed by atoms with Crippen LogP contribution in [0.4, 0.5) is 4.79 Å². The van der Waals surface area contributed by atoms with Crippen LogP contribution in [-0.2, 0) is 45.9 Å². The highest BCUT2D eigenvalue weighted by atomic mass is 16.6. The summed E-state index contributed by atoms with van der Waals surface area (Å²) in [5, 5.41) is 17.1. The molecule has 1 aliphatic rings. The lowest BCUT2D eigenvalue weighted by molar-refractivity contribution is -0.155. The predicted octanol–water partition coefficient (Wildman–Crippen LogP) is 3.52. The number of aliphatic carboxylic acids is 1. The van der Waals surface area contributed by atoms with Gasteiger partial charge < -0.3 is 34.7 Å². The summed E-state index contributed by atoms with van der Waals surface area (Å²) in [6, 6.07) is -3.49. The number of amides is 4. The smallest absolute Gasteiger partial charge is 0.410 e. The van der Waals surface area contributed by atoms with Crippen LogP contribution in [-0.4, -0.2) is 105 Å². The molecule has 14 heteroatoms. The minimum absolute atomic E-state index is 0.0363. The zero-order chi connectivity index (χ0) is 42.4. The molecular formula is C41H65N5O9. The lowest BCUT2D eigenvalue weighted by Crippen LogP contribution is -2.63. The van der Waals surface area contributed by atoms with Crippen LogP contribution < -0.4 is 21.2 Å². The van der Waals surface area contributed by atoms with Gasteiger partial charge in [0.25, 0.3) is 0 Å². The molecule has 0 saturated carbocycles. The third-order valence-corrected chi connectivity index (χ3v) is 9.28. The first kappa shape index (κ1) is 46.5. The molecule has 14 nitrogen and oxygen atoms in total. The van der Waals surface area contributed by atoms with Gasteiger partial charge in [-0.3, -0.25) is 24.1 Å². The molecule has 2 rings (SSSR count). The largest absolute Gasteiger partial charge is 0.480 e. The van der Waals surface area contributed by atoms with E-state index in [-0.39, 0.29) is 25.0 Å². The van der Waals surface area contributed by atoms with Gasteiger partial charge in [-0.15, -0.1) is 0 Å². The van der Waals surface area contributed by atoms with Gasteiger partial charge in [0.2, 0.25) is 17.7 Å². The van der Waals surface area contributed by atoms with Crippen molar-refractivity contribution in [3.8, 4) is 0 Å². The Morgan fingerprint density at radius 2 is 1.45 bits per heavy atom. The van der Waals surface area contributed by atoms with Gasteiger partial charge in [-0.2, -0.15) is 0 Å². The lowest BCUT2D eigenvalue weighted by Gasteiger charge is -2.41. The molecule has 0 spiro atoms. The number of ether oxygens (including phenoxy) is 2. The summed E-state index contributed by atoms with van der Waals surface area (Å²) in [5.74, 6) is -3.55. The molecule has 0 aromatic carbocycles. The van der Waals surface area contributed by atoms with Crippen LogP contribution >= 0.6 is 0 Å². The van der Waals surface area contributed by atoms with Gasteiger partial charge in [-0.1, -0.05) is 52.8 Å². The minimum Gasteiger partial charge on any atom is -0.480 e. The number of carboxylic acid groups (broad SMARTS) is 1. The maximum absolute atomic E-state index is 14.6. The number of aromatic nitrogens is 1. The fourth-order valence-corrected chi connectivity index (χ4v) is 6.40. The van der Waals surface area contributed by atoms with E-state index in [0.29, 0.717) is 0 Å². The van der Waals surface area contributed by atoms with Crippen molar-refractivity contribution in [3.05, 3.63) is 34.0 Å². The molecule has 0 saturated heterocycles. The van der Waals surface area contributed by atoms with Gasteiger partial charge in [-0.05, 0) is 83.9 Å². The van der Waals surface area contributed by atoms with Crippen LogP contribution in [0.1, 0.15) is 114 Å². The molecule has 0 bridgehead atoms. The van der Waals surface area contributed by atoms with E-state index >= 15 is 0 Å². The van der Waals surface area contributed by atoms with E-state index in [4.69, 9.17) is 9.47 Å². The van der Waals surface area contributed by atoms with Gasteiger partial charge in [0.1, 0.15) is 29.3 Å². The van der Waals surface area contributed by atoms with Crippen molar-refractivity contribution in [3.63, 3.8) is 0 Å². The molecule has 308 valence electrons. The quantitative estimate of drug-likeness (QED) is 0.189. The number of fused-ring (bicyclic) bond motifs is 1. The van der Waals surface area contributed by atoms with Crippen LogP contribution in [0.3, 0.4) is 0 Å². The number of nitrogens with one attached hydrogen (secondary N) is 2. The first-order valence-electron chi connectivity index (χ1n) is 18.8. The van der Waals surface area contributed by atoms with Gasteiger partial charge in [0.05, 0.1) is 0 Å². The number of likely N-dealkylation sites (N-methyl/N-ethyl adjacent to an activating group) is 2. The summed E-state index contributed by atoms with van der Waals surface area (Å²) >= 11 is 0. The normalized spacial score (nSPS) is 15.2. The average Bonchev–Trinajstić information content (AvgIpc) is 3.38. The van der Waals surface area contributed by atoms with E-state index in [1.165, 1.54) is 36.9 Å². The van der Waals surface area contributed by atoms with Gasteiger partial charge >= 0.3 is 18.0 Å². The Kier molecular flexibility index (Phi) is 15.1. The molecule has 1 aromatic rings. The summed E-state index contributed by atoms with van der Waals surface area (Å²) in [5.41, 5.74) is -2.26. The van der Waals surface area contributed by atoms with E-state index in [0.717, 1.165) is 29.0 Å². The SMILES string of the molecule is C/C(=C\CN(C)C(=O)C(NC(=O)[C@@H](N(C)C(=O)OC(C)(C)C)C(C)(C)c1cn(C)c2c1=CCCC=2)C(C)(C)C)C(=O)N[C@@H](CCC(=O)OC(C)(C)C)C(=O)O. The van der Waals surface area contributed by atoms with Crippen molar-refractivity contribution < 1.29 is 43.3 Å². The van der Waals surface area contributed by atoms with Gasteiger partial charge in [0, 0.05) is 56.6 Å². The Bertz CT molecular complexity index is 1770. The van der Waals surface area contributed by atoms with Crippen LogP contribution in [0.2, 0.25) is 0 Å². The third kappa shape index (κ3) is 13.0. The lowest BCUT2D eigenvalue weighted by atomic mass is 9.76. The number of carbonyl (C=O) groups is 6. The zero-order valence-corrected chi connectivity index (χ0v) is 35.6. The van der Waals surface area contributed by atoms with Crippen molar-refractivity contribution in [2.45, 2.75) is 144 Å². The third-order valence-electron chi connectivity index (χ3n) is 9.28. The molecule has 3 atom stereocenters. The first-order valence-corrected chi connectivity index (χ1v) is 18.8. The number of hydrogen-bond acceptors (Lipinski definition) is 8. The number of carboxylic acids is 1. The fourth-order valence-electron chi connectivity index (χ4n) is 6.40. The summed E-state index contributed by atoms with van der Waals surface area (Å²) in [7, 11) is 5.00. The Balaban J connectivity index is 2.37. The Labute approximate surface area is 326 Å². The second-order valence-corrected chi connectivity index (χ2v) is 18.1. The van der Waals surface area contributed by atoms with E-state index in [2.05, 4.69) is 22.8 Å². The summed E-state index contributed by atoms with van der Waals surface area (Å²) in [6.07, 6.45) is 8.44. The van der Waals surface area contributed by atoms with E-state index in [1.54, 1.807) is 41.5 Å².